The molecule has 0 N–H and O–H groups in total. The van der Waals surface area contributed by atoms with Gasteiger partial charge in [0.1, 0.15) is 22.4 Å². The summed E-state index contributed by atoms with van der Waals surface area (Å²) in [6.07, 6.45) is 3.45. The molecule has 2 aromatic carbocycles. The first-order valence-corrected chi connectivity index (χ1v) is 10.8. The van der Waals surface area contributed by atoms with Gasteiger partial charge in [-0.2, -0.15) is 0 Å². The van der Waals surface area contributed by atoms with E-state index < -0.39 is 0 Å². The Morgan fingerprint density at radius 2 is 1.93 bits per heavy atom. The zero-order valence-electron chi connectivity index (χ0n) is 16.8. The van der Waals surface area contributed by atoms with Gasteiger partial charge in [0.25, 0.3) is 5.91 Å². The minimum Gasteiger partial charge on any atom is -0.488 e. The summed E-state index contributed by atoms with van der Waals surface area (Å²) in [5, 5.41) is 0. The second-order valence-corrected chi connectivity index (χ2v) is 8.84. The molecule has 6 heteroatoms. The molecule has 0 aliphatic carbocycles. The molecule has 1 saturated heterocycles. The SMILES string of the molecule is Cc1cccc(COc2ccc(C)cc2/C=C2\SC(=S)N(Cc3ccco3)C2=O)c1. The van der Waals surface area contributed by atoms with E-state index in [2.05, 4.69) is 19.1 Å². The molecule has 1 aliphatic heterocycles. The number of furan rings is 1. The number of amides is 1. The van der Waals surface area contributed by atoms with Gasteiger partial charge in [-0.05, 0) is 49.8 Å². The Balaban J connectivity index is 1.56. The molecule has 1 aliphatic rings. The van der Waals surface area contributed by atoms with Gasteiger partial charge in [-0.3, -0.25) is 9.69 Å². The standard InChI is InChI=1S/C24H21NO3S2/c1-16-5-3-6-18(11-16)15-28-21-9-8-17(2)12-19(21)13-22-23(26)25(24(29)30-22)14-20-7-4-10-27-20/h3-13H,14-15H2,1-2H3/b22-13-. The summed E-state index contributed by atoms with van der Waals surface area (Å²) in [7, 11) is 0. The van der Waals surface area contributed by atoms with Crippen molar-refractivity contribution < 1.29 is 13.9 Å². The summed E-state index contributed by atoms with van der Waals surface area (Å²) < 4.78 is 12.0. The Morgan fingerprint density at radius 3 is 2.70 bits per heavy atom. The van der Waals surface area contributed by atoms with Crippen LogP contribution < -0.4 is 4.74 Å². The maximum Gasteiger partial charge on any atom is 0.266 e. The molecule has 0 atom stereocenters. The van der Waals surface area contributed by atoms with Crippen molar-refractivity contribution in [2.45, 2.75) is 27.0 Å². The molecule has 1 amide bonds. The zero-order valence-corrected chi connectivity index (χ0v) is 18.4. The highest BCUT2D eigenvalue weighted by Crippen LogP contribution is 2.35. The van der Waals surface area contributed by atoms with E-state index in [-0.39, 0.29) is 5.91 Å². The number of hydrogen-bond donors (Lipinski definition) is 0. The van der Waals surface area contributed by atoms with Crippen molar-refractivity contribution in [3.8, 4) is 5.75 Å². The fourth-order valence-corrected chi connectivity index (χ4v) is 4.46. The number of benzene rings is 2. The Bertz CT molecular complexity index is 1120. The predicted octanol–water partition coefficient (Wildman–Crippen LogP) is 5.88. The highest BCUT2D eigenvalue weighted by molar-refractivity contribution is 8.26. The third-order valence-corrected chi connectivity index (χ3v) is 6.07. The highest BCUT2D eigenvalue weighted by atomic mass is 32.2. The van der Waals surface area contributed by atoms with Gasteiger partial charge < -0.3 is 9.15 Å². The van der Waals surface area contributed by atoms with Crippen LogP contribution in [0.5, 0.6) is 5.75 Å². The maximum atomic E-state index is 12.9. The summed E-state index contributed by atoms with van der Waals surface area (Å²) in [5.74, 6) is 1.32. The third-order valence-electron chi connectivity index (χ3n) is 4.70. The van der Waals surface area contributed by atoms with Crippen molar-refractivity contribution in [2.75, 3.05) is 0 Å². The molecule has 0 bridgehead atoms. The van der Waals surface area contributed by atoms with Crippen LogP contribution in [0.3, 0.4) is 0 Å². The molecule has 3 aromatic rings. The number of hydrogen-bond acceptors (Lipinski definition) is 5. The van der Waals surface area contributed by atoms with Gasteiger partial charge in [-0.25, -0.2) is 0 Å². The number of nitrogens with zero attached hydrogens (tertiary/aromatic N) is 1. The third kappa shape index (κ3) is 4.66. The van der Waals surface area contributed by atoms with E-state index >= 15 is 0 Å². The highest BCUT2D eigenvalue weighted by Gasteiger charge is 2.32. The first-order chi connectivity index (χ1) is 14.5. The minimum absolute atomic E-state index is 0.118. The van der Waals surface area contributed by atoms with Crippen molar-refractivity contribution in [1.82, 2.24) is 4.90 Å². The Labute approximate surface area is 185 Å². The van der Waals surface area contributed by atoms with Crippen molar-refractivity contribution in [3.63, 3.8) is 0 Å². The molecule has 4 rings (SSSR count). The molecule has 0 unspecified atom stereocenters. The topological polar surface area (TPSA) is 42.7 Å². The van der Waals surface area contributed by atoms with E-state index in [4.69, 9.17) is 21.4 Å². The van der Waals surface area contributed by atoms with Crippen molar-refractivity contribution in [1.29, 1.82) is 0 Å². The lowest BCUT2D eigenvalue weighted by Crippen LogP contribution is -2.27. The lowest BCUT2D eigenvalue weighted by molar-refractivity contribution is -0.122. The summed E-state index contributed by atoms with van der Waals surface area (Å²) in [5.41, 5.74) is 4.25. The number of carbonyl (C=O) groups excluding carboxylic acids is 1. The smallest absolute Gasteiger partial charge is 0.266 e. The van der Waals surface area contributed by atoms with Crippen molar-refractivity contribution >= 4 is 40.3 Å². The van der Waals surface area contributed by atoms with Gasteiger partial charge in [0.2, 0.25) is 0 Å². The number of thioether (sulfide) groups is 1. The summed E-state index contributed by atoms with van der Waals surface area (Å²) >= 11 is 6.73. The number of thiocarbonyl (C=S) groups is 1. The molecule has 0 spiro atoms. The first-order valence-electron chi connectivity index (χ1n) is 9.56. The zero-order chi connectivity index (χ0) is 21.1. The number of rotatable bonds is 6. The molecule has 152 valence electrons. The average Bonchev–Trinajstić information content (AvgIpc) is 3.32. The van der Waals surface area contributed by atoms with Crippen LogP contribution in [-0.2, 0) is 17.9 Å². The summed E-state index contributed by atoms with van der Waals surface area (Å²) in [6.45, 7) is 4.87. The molecule has 1 fully saturated rings. The Kier molecular flexibility index (Phi) is 6.06. The van der Waals surface area contributed by atoms with E-state index in [9.17, 15) is 4.79 Å². The fraction of sp³-hybridized carbons (Fsp3) is 0.167. The largest absolute Gasteiger partial charge is 0.488 e. The van der Waals surface area contributed by atoms with Crippen LogP contribution in [-0.4, -0.2) is 15.1 Å². The molecule has 0 saturated carbocycles. The fourth-order valence-electron chi connectivity index (χ4n) is 3.21. The predicted molar refractivity (Wildman–Crippen MR) is 124 cm³/mol. The van der Waals surface area contributed by atoms with Gasteiger partial charge in [0, 0.05) is 5.56 Å². The summed E-state index contributed by atoms with van der Waals surface area (Å²) in [4.78, 5) is 15.1. The number of aryl methyl sites for hydroxylation is 2. The first kappa shape index (κ1) is 20.4. The minimum atomic E-state index is -0.118. The molecule has 1 aromatic heterocycles. The molecule has 2 heterocycles. The van der Waals surface area contributed by atoms with Crippen molar-refractivity contribution in [2.24, 2.45) is 0 Å². The lowest BCUT2D eigenvalue weighted by atomic mass is 10.1. The van der Waals surface area contributed by atoms with Gasteiger partial charge in [0.15, 0.2) is 0 Å². The van der Waals surface area contributed by atoms with E-state index in [0.29, 0.717) is 28.1 Å². The second kappa shape index (κ2) is 8.90. The van der Waals surface area contributed by atoms with Crippen LogP contribution in [0.2, 0.25) is 0 Å². The molecule has 4 nitrogen and oxygen atoms in total. The van der Waals surface area contributed by atoms with Crippen LogP contribution in [0.15, 0.2) is 70.2 Å². The number of ether oxygens (including phenoxy) is 1. The van der Waals surface area contributed by atoms with Crippen molar-refractivity contribution in [3.05, 3.63) is 93.8 Å². The Morgan fingerprint density at radius 1 is 1.10 bits per heavy atom. The van der Waals surface area contributed by atoms with Gasteiger partial charge >= 0.3 is 0 Å². The van der Waals surface area contributed by atoms with E-state index in [1.165, 1.54) is 17.3 Å². The van der Waals surface area contributed by atoms with Gasteiger partial charge in [-0.1, -0.05) is 65.4 Å². The van der Waals surface area contributed by atoms with Crippen LogP contribution in [0.1, 0.15) is 28.0 Å². The monoisotopic (exact) mass is 435 g/mol. The van der Waals surface area contributed by atoms with E-state index in [1.807, 2.05) is 49.4 Å². The molecule has 30 heavy (non-hydrogen) atoms. The maximum absolute atomic E-state index is 12.9. The van der Waals surface area contributed by atoms with Crippen LogP contribution in [0, 0.1) is 13.8 Å². The van der Waals surface area contributed by atoms with Crippen LogP contribution >= 0.6 is 24.0 Å². The number of carbonyl (C=O) groups is 1. The van der Waals surface area contributed by atoms with Gasteiger partial charge in [0.05, 0.1) is 17.7 Å². The second-order valence-electron chi connectivity index (χ2n) is 7.17. The lowest BCUT2D eigenvalue weighted by Gasteiger charge is -2.12. The normalized spacial score (nSPS) is 15.3. The van der Waals surface area contributed by atoms with Crippen LogP contribution in [0.4, 0.5) is 0 Å². The molecular formula is C24H21NO3S2. The average molecular weight is 436 g/mol. The summed E-state index contributed by atoms with van der Waals surface area (Å²) in [6, 6.07) is 17.8. The quantitative estimate of drug-likeness (QED) is 0.357. The van der Waals surface area contributed by atoms with E-state index in [1.54, 1.807) is 17.2 Å². The van der Waals surface area contributed by atoms with Crippen LogP contribution in [0.25, 0.3) is 6.08 Å². The Hall–Kier alpha value is -2.83. The van der Waals surface area contributed by atoms with Gasteiger partial charge in [-0.15, -0.1) is 0 Å². The molecule has 0 radical (unpaired) electrons. The molecular weight excluding hydrogens is 414 g/mol. The van der Waals surface area contributed by atoms with E-state index in [0.717, 1.165) is 22.4 Å².